The smallest absolute Gasteiger partial charge is 0.337 e. The molecule has 0 bridgehead atoms. The van der Waals surface area contributed by atoms with Gasteiger partial charge in [-0.15, -0.1) is 0 Å². The van der Waals surface area contributed by atoms with Crippen molar-refractivity contribution in [1.82, 2.24) is 4.57 Å². The summed E-state index contributed by atoms with van der Waals surface area (Å²) in [7, 11) is 0. The van der Waals surface area contributed by atoms with Crippen LogP contribution in [0.1, 0.15) is 47.6 Å². The first-order valence-corrected chi connectivity index (χ1v) is 9.39. The molecule has 1 unspecified atom stereocenters. The number of rotatable bonds is 4. The van der Waals surface area contributed by atoms with Gasteiger partial charge in [0.2, 0.25) is 0 Å². The Hall–Kier alpha value is -2.70. The Morgan fingerprint density at radius 1 is 1.10 bits per heavy atom. The van der Waals surface area contributed by atoms with E-state index in [9.17, 15) is 26.7 Å². The van der Waals surface area contributed by atoms with Gasteiger partial charge in [-0.3, -0.25) is 0 Å². The van der Waals surface area contributed by atoms with Gasteiger partial charge in [0.15, 0.2) is 0 Å². The maximum absolute atomic E-state index is 14.8. The van der Waals surface area contributed by atoms with E-state index in [0.717, 1.165) is 48.6 Å². The molecule has 0 radical (unpaired) electrons. The van der Waals surface area contributed by atoms with Crippen molar-refractivity contribution in [3.05, 3.63) is 70.4 Å². The van der Waals surface area contributed by atoms with Crippen molar-refractivity contribution in [2.45, 2.75) is 44.3 Å². The highest BCUT2D eigenvalue weighted by Crippen LogP contribution is 2.41. The second-order valence-electron chi connectivity index (χ2n) is 7.42. The fourth-order valence-corrected chi connectivity index (χ4v) is 4.37. The molecule has 0 fully saturated rings. The third-order valence-corrected chi connectivity index (χ3v) is 5.59. The lowest BCUT2D eigenvalue weighted by Crippen LogP contribution is -2.15. The molecule has 2 nitrogen and oxygen atoms in total. The molecule has 2 aromatic carbocycles. The molecule has 1 heterocycles. The van der Waals surface area contributed by atoms with Gasteiger partial charge in [-0.25, -0.2) is 8.78 Å². The summed E-state index contributed by atoms with van der Waals surface area (Å²) >= 11 is 0. The van der Waals surface area contributed by atoms with E-state index >= 15 is 0 Å². The third kappa shape index (κ3) is 3.54. The van der Waals surface area contributed by atoms with Gasteiger partial charge in [-0.2, -0.15) is 13.2 Å². The van der Waals surface area contributed by atoms with Crippen LogP contribution >= 0.6 is 0 Å². The van der Waals surface area contributed by atoms with E-state index in [4.69, 9.17) is 0 Å². The van der Waals surface area contributed by atoms with Crippen molar-refractivity contribution in [3.63, 3.8) is 0 Å². The van der Waals surface area contributed by atoms with E-state index in [1.54, 1.807) is 4.57 Å². The molecule has 0 saturated carbocycles. The van der Waals surface area contributed by atoms with Crippen LogP contribution in [0.15, 0.2) is 36.4 Å². The highest BCUT2D eigenvalue weighted by atomic mass is 19.4. The minimum atomic E-state index is -4.43. The van der Waals surface area contributed by atoms with Crippen LogP contribution in [0.25, 0.3) is 10.9 Å². The molecule has 0 aliphatic heterocycles. The Morgan fingerprint density at radius 3 is 2.48 bits per heavy atom. The molecule has 3 aromatic rings. The molecular formula is C22H18F5NO. The van der Waals surface area contributed by atoms with Gasteiger partial charge < -0.3 is 9.36 Å². The zero-order valence-electron chi connectivity index (χ0n) is 15.4. The Kier molecular flexibility index (Phi) is 4.92. The topological polar surface area (TPSA) is 22.0 Å². The predicted octanol–water partition coefficient (Wildman–Crippen LogP) is 6.00. The van der Waals surface area contributed by atoms with Crippen LogP contribution in [-0.4, -0.2) is 10.9 Å². The largest absolute Gasteiger partial charge is 0.416 e. The number of aromatic nitrogens is 1. The van der Waals surface area contributed by atoms with Gasteiger partial charge in [0.1, 0.15) is 17.9 Å². The molecular weight excluding hydrogens is 389 g/mol. The molecule has 0 amide bonds. The summed E-state index contributed by atoms with van der Waals surface area (Å²) in [5, 5.41) is 0.472. The highest BCUT2D eigenvalue weighted by molar-refractivity contribution is 5.87. The molecule has 1 aliphatic carbocycles. The molecule has 0 N–H and O–H groups in total. The first kappa shape index (κ1) is 19.6. The number of benzene rings is 2. The molecule has 152 valence electrons. The number of carbonyl (C=O) groups excluding carboxylic acids is 1. The van der Waals surface area contributed by atoms with E-state index < -0.39 is 23.4 Å². The van der Waals surface area contributed by atoms with E-state index in [2.05, 4.69) is 0 Å². The van der Waals surface area contributed by atoms with Crippen molar-refractivity contribution in [3.8, 4) is 0 Å². The lowest BCUT2D eigenvalue weighted by molar-refractivity contribution is -0.137. The molecule has 0 spiro atoms. The lowest BCUT2D eigenvalue weighted by atomic mass is 9.85. The second-order valence-corrected chi connectivity index (χ2v) is 7.42. The van der Waals surface area contributed by atoms with Crippen LogP contribution in [0.4, 0.5) is 22.0 Å². The summed E-state index contributed by atoms with van der Waals surface area (Å²) in [6.45, 7) is 0.141. The second kappa shape index (κ2) is 7.28. The predicted molar refractivity (Wildman–Crippen MR) is 98.8 cm³/mol. The summed E-state index contributed by atoms with van der Waals surface area (Å²) in [4.78, 5) is 11.2. The molecule has 4 rings (SSSR count). The van der Waals surface area contributed by atoms with E-state index in [1.807, 2.05) is 0 Å². The van der Waals surface area contributed by atoms with E-state index in [1.165, 1.54) is 18.2 Å². The van der Waals surface area contributed by atoms with E-state index in [0.29, 0.717) is 17.4 Å². The van der Waals surface area contributed by atoms with Crippen LogP contribution in [-0.2, 0) is 23.9 Å². The molecule has 1 atom stereocenters. The number of nitrogens with zero attached hydrogens (tertiary/aromatic N) is 1. The van der Waals surface area contributed by atoms with Crippen molar-refractivity contribution >= 4 is 17.2 Å². The Labute approximate surface area is 163 Å². The normalized spacial score (nSPS) is 16.8. The summed E-state index contributed by atoms with van der Waals surface area (Å²) in [6, 6.07) is 6.81. The summed E-state index contributed by atoms with van der Waals surface area (Å²) < 4.78 is 68.8. The van der Waals surface area contributed by atoms with Crippen LogP contribution < -0.4 is 0 Å². The Balaban J connectivity index is 1.86. The van der Waals surface area contributed by atoms with Gasteiger partial charge in [0.05, 0.1) is 11.1 Å². The molecule has 0 saturated heterocycles. The number of alkyl halides is 3. The minimum absolute atomic E-state index is 0.124. The summed E-state index contributed by atoms with van der Waals surface area (Å²) in [5.41, 5.74) is 1.64. The van der Waals surface area contributed by atoms with Crippen LogP contribution in [0.3, 0.4) is 0 Å². The SMILES string of the molecule is O=CCC1CCCc2c1n(Cc1ccc(C(F)(F)F)cc1)c1c(F)cc(F)cc21. The molecule has 1 aliphatic rings. The van der Waals surface area contributed by atoms with Crippen molar-refractivity contribution in [1.29, 1.82) is 0 Å². The number of aldehydes is 1. The number of halogens is 5. The Morgan fingerprint density at radius 2 is 1.83 bits per heavy atom. The number of hydrogen-bond acceptors (Lipinski definition) is 1. The maximum Gasteiger partial charge on any atom is 0.416 e. The van der Waals surface area contributed by atoms with E-state index in [-0.39, 0.29) is 24.4 Å². The minimum Gasteiger partial charge on any atom is -0.337 e. The molecule has 7 heteroatoms. The van der Waals surface area contributed by atoms with Crippen LogP contribution in [0.5, 0.6) is 0 Å². The number of carbonyl (C=O) groups is 1. The Bertz CT molecular complexity index is 1070. The number of fused-ring (bicyclic) bond motifs is 3. The first-order valence-electron chi connectivity index (χ1n) is 9.39. The quantitative estimate of drug-likeness (QED) is 0.384. The zero-order chi connectivity index (χ0) is 20.8. The van der Waals surface area contributed by atoms with Crippen molar-refractivity contribution < 1.29 is 26.7 Å². The monoisotopic (exact) mass is 407 g/mol. The number of hydrogen-bond donors (Lipinski definition) is 0. The first-order chi connectivity index (χ1) is 13.8. The van der Waals surface area contributed by atoms with Gasteiger partial charge in [-0.05, 0) is 48.6 Å². The van der Waals surface area contributed by atoms with Gasteiger partial charge in [0, 0.05) is 36.0 Å². The molecule has 1 aromatic heterocycles. The molecule has 29 heavy (non-hydrogen) atoms. The third-order valence-electron chi connectivity index (χ3n) is 5.59. The average Bonchev–Trinajstić information content (AvgIpc) is 2.97. The average molecular weight is 407 g/mol. The fraction of sp³-hybridized carbons (Fsp3) is 0.318. The highest BCUT2D eigenvalue weighted by Gasteiger charge is 2.31. The summed E-state index contributed by atoms with van der Waals surface area (Å²) in [6.07, 6.45) is -1.15. The van der Waals surface area contributed by atoms with Gasteiger partial charge in [-0.1, -0.05) is 12.1 Å². The lowest BCUT2D eigenvalue weighted by Gasteiger charge is -2.24. The van der Waals surface area contributed by atoms with Crippen LogP contribution in [0, 0.1) is 11.6 Å². The van der Waals surface area contributed by atoms with Gasteiger partial charge >= 0.3 is 6.18 Å². The summed E-state index contributed by atoms with van der Waals surface area (Å²) in [5.74, 6) is -1.52. The maximum atomic E-state index is 14.8. The zero-order valence-corrected chi connectivity index (χ0v) is 15.4. The van der Waals surface area contributed by atoms with Gasteiger partial charge in [0.25, 0.3) is 0 Å². The van der Waals surface area contributed by atoms with Crippen LogP contribution in [0.2, 0.25) is 0 Å². The van der Waals surface area contributed by atoms with Crippen molar-refractivity contribution in [2.24, 2.45) is 0 Å². The number of aryl methyl sites for hydroxylation is 1. The fourth-order valence-electron chi connectivity index (χ4n) is 4.37. The van der Waals surface area contributed by atoms with Crippen molar-refractivity contribution in [2.75, 3.05) is 0 Å². The standard InChI is InChI=1S/C22H18F5NO/c23-16-10-18-17-3-1-2-14(8-9-29)20(17)28(21(18)19(24)11-16)12-13-4-6-15(7-5-13)22(25,26)27/h4-7,9-11,14H,1-3,8,12H2.